The van der Waals surface area contributed by atoms with E-state index in [0.29, 0.717) is 0 Å². The summed E-state index contributed by atoms with van der Waals surface area (Å²) in [4.78, 5) is 0. The average molecular weight is 727 g/mol. The van der Waals surface area contributed by atoms with Crippen LogP contribution in [-0.4, -0.2) is 0 Å². The van der Waals surface area contributed by atoms with E-state index in [1.807, 2.05) is 0 Å². The van der Waals surface area contributed by atoms with Crippen LogP contribution in [0.2, 0.25) is 0 Å². The zero-order chi connectivity index (χ0) is 38.4. The first-order valence-corrected chi connectivity index (χ1v) is 20.2. The number of fused-ring (bicyclic) bond motifs is 8. The summed E-state index contributed by atoms with van der Waals surface area (Å²) in [5.74, 6) is 0. The predicted octanol–water partition coefficient (Wildman–Crippen LogP) is 16.2. The number of rotatable bonds is 5. The maximum absolute atomic E-state index is 2.51. The normalized spacial score (nSPS) is 13.8. The van der Waals surface area contributed by atoms with Gasteiger partial charge in [0.15, 0.2) is 0 Å². The number of hydrogen-bond donors (Lipinski definition) is 0. The first-order valence-electron chi connectivity index (χ1n) is 20.2. The Hall–Kier alpha value is -6.76. The summed E-state index contributed by atoms with van der Waals surface area (Å²) in [6.07, 6.45) is 6.69. The van der Waals surface area contributed by atoms with Crippen molar-refractivity contribution in [3.63, 3.8) is 0 Å². The molecule has 270 valence electrons. The van der Waals surface area contributed by atoms with Crippen LogP contribution >= 0.6 is 0 Å². The third-order valence-electron chi connectivity index (χ3n) is 12.9. The van der Waals surface area contributed by atoms with E-state index in [2.05, 4.69) is 210 Å². The molecular formula is C57H42. The number of benzene rings is 10. The molecule has 0 N–H and O–H groups in total. The highest BCUT2D eigenvalue weighted by molar-refractivity contribution is 6.26. The summed E-state index contributed by atoms with van der Waals surface area (Å²) in [5.41, 5.74) is 15.2. The topological polar surface area (TPSA) is 0 Å². The van der Waals surface area contributed by atoms with E-state index in [4.69, 9.17) is 0 Å². The van der Waals surface area contributed by atoms with E-state index < -0.39 is 0 Å². The smallest absolute Gasteiger partial charge is 0.0165 e. The highest BCUT2D eigenvalue weighted by atomic mass is 14.4. The highest BCUT2D eigenvalue weighted by Gasteiger charge is 2.38. The molecule has 0 saturated heterocycles. The molecule has 10 aromatic carbocycles. The Balaban J connectivity index is 1.20. The van der Waals surface area contributed by atoms with Gasteiger partial charge < -0.3 is 0 Å². The van der Waals surface area contributed by atoms with Gasteiger partial charge in [-0.25, -0.2) is 0 Å². The minimum Gasteiger partial charge on any atom is -0.0871 e. The summed E-state index contributed by atoms with van der Waals surface area (Å²) in [7, 11) is 0. The first kappa shape index (κ1) is 33.6. The molecule has 57 heavy (non-hydrogen) atoms. The molecule has 10 aromatic rings. The lowest BCUT2D eigenvalue weighted by Crippen LogP contribution is -2.15. The minimum absolute atomic E-state index is 0.193. The second kappa shape index (κ2) is 12.6. The van der Waals surface area contributed by atoms with Gasteiger partial charge in [-0.2, -0.15) is 0 Å². The van der Waals surface area contributed by atoms with Crippen LogP contribution in [0.3, 0.4) is 0 Å². The molecule has 0 heteroatoms. The van der Waals surface area contributed by atoms with Gasteiger partial charge in [0.05, 0.1) is 0 Å². The van der Waals surface area contributed by atoms with Gasteiger partial charge in [0.1, 0.15) is 0 Å². The molecule has 0 unspecified atom stereocenters. The summed E-state index contributed by atoms with van der Waals surface area (Å²) in [6.45, 7) is 9.13. The van der Waals surface area contributed by atoms with Gasteiger partial charge in [-0.3, -0.25) is 0 Å². The molecule has 0 heterocycles. The maximum atomic E-state index is 2.51. The number of allylic oxidation sites excluding steroid dienone is 4. The van der Waals surface area contributed by atoms with E-state index in [9.17, 15) is 0 Å². The van der Waals surface area contributed by atoms with Crippen LogP contribution in [0.4, 0.5) is 0 Å². The van der Waals surface area contributed by atoms with Crippen molar-refractivity contribution < 1.29 is 0 Å². The van der Waals surface area contributed by atoms with Crippen molar-refractivity contribution in [3.05, 3.63) is 199 Å². The molecule has 1 aliphatic carbocycles. The quantitative estimate of drug-likeness (QED) is 0.122. The van der Waals surface area contributed by atoms with Gasteiger partial charge >= 0.3 is 0 Å². The molecule has 0 aliphatic heterocycles. The zero-order valence-corrected chi connectivity index (χ0v) is 32.8. The molecule has 0 aromatic heterocycles. The Labute approximate surface area is 334 Å². The van der Waals surface area contributed by atoms with Crippen molar-refractivity contribution in [2.45, 2.75) is 33.1 Å². The van der Waals surface area contributed by atoms with E-state index in [1.54, 1.807) is 0 Å². The summed E-state index contributed by atoms with van der Waals surface area (Å²) in [6, 6.07) is 61.7. The van der Waals surface area contributed by atoms with Crippen molar-refractivity contribution in [2.24, 2.45) is 0 Å². The van der Waals surface area contributed by atoms with Crippen LogP contribution in [0.5, 0.6) is 0 Å². The molecule has 0 atom stereocenters. The minimum atomic E-state index is -0.193. The van der Waals surface area contributed by atoms with Crippen molar-refractivity contribution in [2.75, 3.05) is 0 Å². The predicted molar refractivity (Wildman–Crippen MR) is 247 cm³/mol. The molecule has 11 rings (SSSR count). The monoisotopic (exact) mass is 726 g/mol. The molecule has 0 saturated carbocycles. The first-order chi connectivity index (χ1) is 28.0. The number of hydrogen-bond acceptors (Lipinski definition) is 0. The van der Waals surface area contributed by atoms with Crippen molar-refractivity contribution in [3.8, 4) is 44.5 Å². The highest BCUT2D eigenvalue weighted by Crippen LogP contribution is 2.56. The van der Waals surface area contributed by atoms with Crippen LogP contribution in [0.1, 0.15) is 44.4 Å². The molecule has 1 aliphatic rings. The second-order valence-electron chi connectivity index (χ2n) is 16.2. The average Bonchev–Trinajstić information content (AvgIpc) is 3.50. The Morgan fingerprint density at radius 2 is 1.05 bits per heavy atom. The summed E-state index contributed by atoms with van der Waals surface area (Å²) < 4.78 is 0. The lowest BCUT2D eigenvalue weighted by molar-refractivity contribution is 0.667. The molecule has 0 fully saturated rings. The molecule has 0 amide bonds. The molecule has 0 radical (unpaired) electrons. The maximum Gasteiger partial charge on any atom is 0.0165 e. The fraction of sp³-hybridized carbons (Fsp3) is 0.0877. The van der Waals surface area contributed by atoms with Crippen LogP contribution < -0.4 is 0 Å². The van der Waals surface area contributed by atoms with Gasteiger partial charge in [-0.15, -0.1) is 0 Å². The van der Waals surface area contributed by atoms with Crippen LogP contribution in [0, 0.1) is 0 Å². The Kier molecular flexibility index (Phi) is 7.44. The Bertz CT molecular complexity index is 3300. The molecule has 0 spiro atoms. The SMILES string of the molecule is C/C=C\C(=C/C)c1cc(-c2ccc3c(c2)C(C)(C)c2c-3c3ccccc3c3ccccc23)c(-c2ccccc2)cc1-c1ccc2ccc3cccc4ccc1c2c34. The van der Waals surface area contributed by atoms with E-state index in [0.717, 1.165) is 0 Å². The fourth-order valence-corrected chi connectivity index (χ4v) is 10.3. The van der Waals surface area contributed by atoms with Crippen LogP contribution in [-0.2, 0) is 5.41 Å². The van der Waals surface area contributed by atoms with E-state index >= 15 is 0 Å². The van der Waals surface area contributed by atoms with Crippen LogP contribution in [0.25, 0.3) is 104 Å². The zero-order valence-electron chi connectivity index (χ0n) is 32.8. The summed E-state index contributed by atoms with van der Waals surface area (Å²) >= 11 is 0. The van der Waals surface area contributed by atoms with Gasteiger partial charge in [-0.1, -0.05) is 178 Å². The molecule has 0 bridgehead atoms. The van der Waals surface area contributed by atoms with Crippen molar-refractivity contribution in [1.82, 2.24) is 0 Å². The van der Waals surface area contributed by atoms with Gasteiger partial charge in [0.25, 0.3) is 0 Å². The summed E-state index contributed by atoms with van der Waals surface area (Å²) in [5, 5.41) is 13.2. The molecule has 0 nitrogen and oxygen atoms in total. The van der Waals surface area contributed by atoms with Crippen molar-refractivity contribution in [1.29, 1.82) is 0 Å². The Morgan fingerprint density at radius 3 is 1.79 bits per heavy atom. The molecular weight excluding hydrogens is 685 g/mol. The van der Waals surface area contributed by atoms with Crippen LogP contribution in [0.15, 0.2) is 182 Å². The fourth-order valence-electron chi connectivity index (χ4n) is 10.3. The van der Waals surface area contributed by atoms with Gasteiger partial charge in [0, 0.05) is 5.41 Å². The third-order valence-corrected chi connectivity index (χ3v) is 12.9. The third kappa shape index (κ3) is 4.87. The van der Waals surface area contributed by atoms with E-state index in [-0.39, 0.29) is 5.41 Å². The lowest BCUT2D eigenvalue weighted by Gasteiger charge is -2.25. The lowest BCUT2D eigenvalue weighted by atomic mass is 9.78. The van der Waals surface area contributed by atoms with Gasteiger partial charge in [0.2, 0.25) is 0 Å². The van der Waals surface area contributed by atoms with Gasteiger partial charge in [-0.05, 0) is 153 Å². The van der Waals surface area contributed by atoms with E-state index in [1.165, 1.54) is 121 Å². The second-order valence-corrected chi connectivity index (χ2v) is 16.2. The largest absolute Gasteiger partial charge is 0.0871 e. The standard InChI is InChI=1S/C57H42/c1-5-15-35(6-2)48-33-50(40-28-31-47-52(32-40)57(3,4)56-46-23-13-11-21-42(46)41-20-10-12-22-44(41)55(47)56)49(36-16-8-7-9-17-36)34-51(48)43-29-26-39-25-24-37-18-14-19-38-27-30-45(43)54(39)53(37)38/h5-34H,1-4H3/b15-5-,35-6+. The van der Waals surface area contributed by atoms with Crippen molar-refractivity contribution >= 4 is 59.4 Å². The Morgan fingerprint density at radius 1 is 0.439 bits per heavy atom.